The lowest BCUT2D eigenvalue weighted by atomic mass is 10.0. The minimum Gasteiger partial charge on any atom is -0.324 e. The number of Topliss-reactive ketones (excluding diaryl/α,β-unsaturated/α-hetero) is 1. The molecule has 132 valence electrons. The van der Waals surface area contributed by atoms with E-state index in [-0.39, 0.29) is 11.7 Å². The molecule has 0 bridgehead atoms. The highest BCUT2D eigenvalue weighted by Gasteiger charge is 2.32. The van der Waals surface area contributed by atoms with Gasteiger partial charge in [-0.1, -0.05) is 36.4 Å². The van der Waals surface area contributed by atoms with Gasteiger partial charge in [0.15, 0.2) is 5.78 Å². The molecular weight excluding hydrogens is 343 g/mol. The zero-order chi connectivity index (χ0) is 18.7. The second-order valence-corrected chi connectivity index (χ2v) is 5.60. The van der Waals surface area contributed by atoms with Crippen LogP contribution in [0.3, 0.4) is 0 Å². The highest BCUT2D eigenvalue weighted by Crippen LogP contribution is 2.29. The lowest BCUT2D eigenvalue weighted by Crippen LogP contribution is -2.10. The van der Waals surface area contributed by atoms with Crippen LogP contribution in [-0.2, 0) is 6.18 Å². The number of hydrogen-bond donors (Lipinski definition) is 1. The monoisotopic (exact) mass is 357 g/mol. The molecule has 0 amide bonds. The molecule has 4 nitrogen and oxygen atoms in total. The van der Waals surface area contributed by atoms with Crippen molar-refractivity contribution in [3.63, 3.8) is 0 Å². The molecule has 7 heteroatoms. The molecule has 0 saturated carbocycles. The molecule has 1 N–H and O–H groups in total. The van der Waals surface area contributed by atoms with Crippen LogP contribution in [0.2, 0.25) is 0 Å². The van der Waals surface area contributed by atoms with Gasteiger partial charge in [0.1, 0.15) is 5.69 Å². The standard InChI is InChI=1S/C19H14F3N3O/c1-12(26)13-5-7-14(8-6-13)15-3-2-4-16(11-15)24-18-23-10-9-17(25-18)19(20,21)22/h2-11H,1H3,(H,23,24,25). The third-order valence-corrected chi connectivity index (χ3v) is 3.69. The minimum absolute atomic E-state index is 0.0198. The van der Waals surface area contributed by atoms with Crippen LogP contribution in [-0.4, -0.2) is 15.8 Å². The first-order chi connectivity index (χ1) is 12.3. The summed E-state index contributed by atoms with van der Waals surface area (Å²) in [5, 5.41) is 2.78. The summed E-state index contributed by atoms with van der Waals surface area (Å²) in [7, 11) is 0. The van der Waals surface area contributed by atoms with Crippen LogP contribution in [0.4, 0.5) is 24.8 Å². The van der Waals surface area contributed by atoms with Crippen molar-refractivity contribution < 1.29 is 18.0 Å². The van der Waals surface area contributed by atoms with Crippen LogP contribution in [0.15, 0.2) is 60.8 Å². The number of anilines is 2. The highest BCUT2D eigenvalue weighted by atomic mass is 19.4. The third kappa shape index (κ3) is 4.05. The Kier molecular flexibility index (Phi) is 4.71. The quantitative estimate of drug-likeness (QED) is 0.660. The number of hydrogen-bond acceptors (Lipinski definition) is 4. The van der Waals surface area contributed by atoms with Crippen LogP contribution < -0.4 is 5.32 Å². The molecule has 0 fully saturated rings. The molecule has 0 saturated heterocycles. The summed E-state index contributed by atoms with van der Waals surface area (Å²) in [4.78, 5) is 18.7. The van der Waals surface area contributed by atoms with Crippen molar-refractivity contribution in [2.75, 3.05) is 5.32 Å². The predicted molar refractivity (Wildman–Crippen MR) is 92.2 cm³/mol. The number of nitrogens with one attached hydrogen (secondary N) is 1. The van der Waals surface area contributed by atoms with Gasteiger partial charge in [-0.15, -0.1) is 0 Å². The van der Waals surface area contributed by atoms with E-state index in [0.717, 1.165) is 23.4 Å². The molecule has 2 aromatic carbocycles. The average molecular weight is 357 g/mol. The van der Waals surface area contributed by atoms with Crippen molar-refractivity contribution in [2.45, 2.75) is 13.1 Å². The Balaban J connectivity index is 1.85. The molecule has 0 atom stereocenters. The molecule has 1 aromatic heterocycles. The van der Waals surface area contributed by atoms with Crippen molar-refractivity contribution in [1.29, 1.82) is 0 Å². The van der Waals surface area contributed by atoms with Crippen molar-refractivity contribution in [1.82, 2.24) is 9.97 Å². The normalized spacial score (nSPS) is 11.2. The van der Waals surface area contributed by atoms with Gasteiger partial charge in [-0.2, -0.15) is 13.2 Å². The molecule has 0 unspecified atom stereocenters. The molecule has 3 aromatic rings. The maximum absolute atomic E-state index is 12.7. The van der Waals surface area contributed by atoms with E-state index < -0.39 is 11.9 Å². The third-order valence-electron chi connectivity index (χ3n) is 3.69. The first-order valence-corrected chi connectivity index (χ1v) is 7.71. The van der Waals surface area contributed by atoms with E-state index in [1.54, 1.807) is 30.3 Å². The van der Waals surface area contributed by atoms with Gasteiger partial charge in [0.2, 0.25) is 5.95 Å². The van der Waals surface area contributed by atoms with Crippen LogP contribution in [0, 0.1) is 0 Å². The maximum Gasteiger partial charge on any atom is 0.433 e. The van der Waals surface area contributed by atoms with E-state index in [1.165, 1.54) is 6.92 Å². The molecule has 0 spiro atoms. The second kappa shape index (κ2) is 6.95. The van der Waals surface area contributed by atoms with Gasteiger partial charge in [-0.05, 0) is 36.2 Å². The molecule has 26 heavy (non-hydrogen) atoms. The summed E-state index contributed by atoms with van der Waals surface area (Å²) < 4.78 is 38.2. The highest BCUT2D eigenvalue weighted by molar-refractivity contribution is 5.94. The zero-order valence-electron chi connectivity index (χ0n) is 13.7. The number of carbonyl (C=O) groups is 1. The number of aromatic nitrogens is 2. The minimum atomic E-state index is -4.53. The van der Waals surface area contributed by atoms with Crippen LogP contribution >= 0.6 is 0 Å². The van der Waals surface area contributed by atoms with Gasteiger partial charge in [-0.25, -0.2) is 9.97 Å². The Bertz CT molecular complexity index is 937. The average Bonchev–Trinajstić information content (AvgIpc) is 2.61. The van der Waals surface area contributed by atoms with Crippen molar-refractivity contribution in [3.8, 4) is 11.1 Å². The molecule has 3 rings (SSSR count). The number of alkyl halides is 3. The summed E-state index contributed by atoms with van der Waals surface area (Å²) in [6, 6.07) is 15.0. The van der Waals surface area contributed by atoms with Gasteiger partial charge in [-0.3, -0.25) is 4.79 Å². The van der Waals surface area contributed by atoms with Gasteiger partial charge < -0.3 is 5.32 Å². The fraction of sp³-hybridized carbons (Fsp3) is 0.105. The van der Waals surface area contributed by atoms with Crippen LogP contribution in [0.5, 0.6) is 0 Å². The lowest BCUT2D eigenvalue weighted by Gasteiger charge is -2.10. The Morgan fingerprint density at radius 2 is 1.73 bits per heavy atom. The van der Waals surface area contributed by atoms with E-state index in [2.05, 4.69) is 15.3 Å². The summed E-state index contributed by atoms with van der Waals surface area (Å²) in [5.41, 5.74) is 1.88. The van der Waals surface area contributed by atoms with E-state index in [9.17, 15) is 18.0 Å². The van der Waals surface area contributed by atoms with Gasteiger partial charge in [0, 0.05) is 17.4 Å². The predicted octanol–water partition coefficient (Wildman–Crippen LogP) is 5.11. The smallest absolute Gasteiger partial charge is 0.324 e. The number of carbonyl (C=O) groups excluding carboxylic acids is 1. The second-order valence-electron chi connectivity index (χ2n) is 5.60. The van der Waals surface area contributed by atoms with E-state index in [1.807, 2.05) is 18.2 Å². The number of nitrogens with zero attached hydrogens (tertiary/aromatic N) is 2. The van der Waals surface area contributed by atoms with Crippen molar-refractivity contribution in [2.24, 2.45) is 0 Å². The summed E-state index contributed by atoms with van der Waals surface area (Å²) in [6.45, 7) is 1.49. The number of halogens is 3. The lowest BCUT2D eigenvalue weighted by molar-refractivity contribution is -0.141. The molecule has 0 aliphatic heterocycles. The van der Waals surface area contributed by atoms with E-state index >= 15 is 0 Å². The van der Waals surface area contributed by atoms with Crippen molar-refractivity contribution >= 4 is 17.4 Å². The van der Waals surface area contributed by atoms with E-state index in [4.69, 9.17) is 0 Å². The van der Waals surface area contributed by atoms with Gasteiger partial charge in [0.25, 0.3) is 0 Å². The molecular formula is C19H14F3N3O. The first kappa shape index (κ1) is 17.6. The molecule has 0 aliphatic rings. The summed E-state index contributed by atoms with van der Waals surface area (Å²) >= 11 is 0. The number of ketones is 1. The van der Waals surface area contributed by atoms with Crippen LogP contribution in [0.25, 0.3) is 11.1 Å². The maximum atomic E-state index is 12.7. The fourth-order valence-electron chi connectivity index (χ4n) is 2.38. The topological polar surface area (TPSA) is 54.9 Å². The molecule has 0 aliphatic carbocycles. The first-order valence-electron chi connectivity index (χ1n) is 7.71. The SMILES string of the molecule is CC(=O)c1ccc(-c2cccc(Nc3nccc(C(F)(F)F)n3)c2)cc1. The Hall–Kier alpha value is -3.22. The molecule has 0 radical (unpaired) electrons. The van der Waals surface area contributed by atoms with Gasteiger partial charge >= 0.3 is 6.18 Å². The molecule has 1 heterocycles. The number of benzene rings is 2. The fourth-order valence-corrected chi connectivity index (χ4v) is 2.38. The zero-order valence-corrected chi connectivity index (χ0v) is 13.7. The van der Waals surface area contributed by atoms with Crippen molar-refractivity contribution in [3.05, 3.63) is 72.1 Å². The van der Waals surface area contributed by atoms with Crippen LogP contribution in [0.1, 0.15) is 23.0 Å². The Labute approximate surface area is 147 Å². The summed E-state index contributed by atoms with van der Waals surface area (Å²) in [5.74, 6) is -0.155. The largest absolute Gasteiger partial charge is 0.433 e. The van der Waals surface area contributed by atoms with E-state index in [0.29, 0.717) is 11.3 Å². The Morgan fingerprint density at radius 1 is 1.00 bits per heavy atom. The summed E-state index contributed by atoms with van der Waals surface area (Å²) in [6.07, 6.45) is -3.47. The number of rotatable bonds is 4. The Morgan fingerprint density at radius 3 is 2.38 bits per heavy atom. The van der Waals surface area contributed by atoms with Gasteiger partial charge in [0.05, 0.1) is 0 Å².